The van der Waals surface area contributed by atoms with Crippen LogP contribution in [0, 0.1) is 6.92 Å². The molecule has 0 radical (unpaired) electrons. The van der Waals surface area contributed by atoms with E-state index in [1.165, 1.54) is 5.56 Å². The number of carbonyl (C=O) groups excluding carboxylic acids is 1. The fourth-order valence-corrected chi connectivity index (χ4v) is 4.41. The van der Waals surface area contributed by atoms with Crippen LogP contribution in [0.1, 0.15) is 47.8 Å². The number of aryl methyl sites for hydroxylation is 1. The van der Waals surface area contributed by atoms with E-state index in [0.717, 1.165) is 62.6 Å². The lowest BCUT2D eigenvalue weighted by Gasteiger charge is -2.32. The molecule has 0 spiro atoms. The maximum Gasteiger partial charge on any atom is 0.257 e. The monoisotopic (exact) mass is 381 g/mol. The van der Waals surface area contributed by atoms with Gasteiger partial charge in [-0.05, 0) is 31.4 Å². The van der Waals surface area contributed by atoms with Crippen molar-refractivity contribution in [2.45, 2.75) is 39.2 Å². The van der Waals surface area contributed by atoms with Crippen LogP contribution in [-0.4, -0.2) is 70.8 Å². The summed E-state index contributed by atoms with van der Waals surface area (Å²) in [6.07, 6.45) is 2.82. The highest BCUT2D eigenvalue weighted by Gasteiger charge is 2.33. The molecule has 28 heavy (non-hydrogen) atoms. The summed E-state index contributed by atoms with van der Waals surface area (Å²) in [6.45, 7) is 12.2. The van der Waals surface area contributed by atoms with E-state index in [-0.39, 0.29) is 11.8 Å². The molecule has 4 rings (SSSR count). The number of amides is 1. The van der Waals surface area contributed by atoms with Crippen LogP contribution >= 0.6 is 0 Å². The standard InChI is InChI=1S/C22H31N5O/c1-16(2)21-20(14-24-27(21)18-6-4-17(3)5-7-18)22(28)26-11-8-19(15-26)25-12-9-23-10-13-25/h4-7,14,16,19,23H,8-13,15H2,1-3H3. The number of hydrogen-bond donors (Lipinski definition) is 1. The molecule has 1 unspecified atom stereocenters. The third-order valence-electron chi connectivity index (χ3n) is 5.98. The minimum absolute atomic E-state index is 0.125. The van der Waals surface area contributed by atoms with Crippen molar-refractivity contribution in [3.8, 4) is 5.69 Å². The molecule has 1 amide bonds. The predicted molar refractivity (Wildman–Crippen MR) is 111 cm³/mol. The molecular formula is C22H31N5O. The van der Waals surface area contributed by atoms with Gasteiger partial charge in [0.05, 0.1) is 23.1 Å². The van der Waals surface area contributed by atoms with Crippen LogP contribution in [0.3, 0.4) is 0 Å². The normalized spacial score (nSPS) is 20.9. The van der Waals surface area contributed by atoms with Gasteiger partial charge in [0.1, 0.15) is 0 Å². The first kappa shape index (κ1) is 19.2. The van der Waals surface area contributed by atoms with Crippen LogP contribution in [0.4, 0.5) is 0 Å². The van der Waals surface area contributed by atoms with E-state index in [0.29, 0.717) is 6.04 Å². The summed E-state index contributed by atoms with van der Waals surface area (Å²) in [6, 6.07) is 8.79. The van der Waals surface area contributed by atoms with Crippen LogP contribution in [0.15, 0.2) is 30.5 Å². The highest BCUT2D eigenvalue weighted by Crippen LogP contribution is 2.26. The number of piperazine rings is 1. The summed E-state index contributed by atoms with van der Waals surface area (Å²) in [4.78, 5) is 17.9. The molecule has 2 aliphatic heterocycles. The minimum Gasteiger partial charge on any atom is -0.337 e. The molecule has 0 saturated carbocycles. The van der Waals surface area contributed by atoms with E-state index >= 15 is 0 Å². The minimum atomic E-state index is 0.125. The van der Waals surface area contributed by atoms with Crippen molar-refractivity contribution in [3.05, 3.63) is 47.3 Å². The number of aromatic nitrogens is 2. The Kier molecular flexibility index (Phi) is 5.51. The quantitative estimate of drug-likeness (QED) is 0.884. The van der Waals surface area contributed by atoms with E-state index in [9.17, 15) is 4.79 Å². The Bertz CT molecular complexity index is 820. The average Bonchev–Trinajstić information content (AvgIpc) is 3.36. The molecule has 1 N–H and O–H groups in total. The van der Waals surface area contributed by atoms with E-state index in [1.807, 2.05) is 9.58 Å². The van der Waals surface area contributed by atoms with Gasteiger partial charge >= 0.3 is 0 Å². The first-order valence-electron chi connectivity index (χ1n) is 10.4. The van der Waals surface area contributed by atoms with Gasteiger partial charge in [0, 0.05) is 45.3 Å². The molecule has 150 valence electrons. The zero-order valence-corrected chi connectivity index (χ0v) is 17.2. The van der Waals surface area contributed by atoms with E-state index in [1.54, 1.807) is 6.20 Å². The fourth-order valence-electron chi connectivity index (χ4n) is 4.41. The molecule has 1 aromatic heterocycles. The number of benzene rings is 1. The Hall–Kier alpha value is -2.18. The zero-order chi connectivity index (χ0) is 19.7. The smallest absolute Gasteiger partial charge is 0.257 e. The van der Waals surface area contributed by atoms with Gasteiger partial charge in [0.2, 0.25) is 0 Å². The third kappa shape index (κ3) is 3.71. The Labute approximate surface area is 167 Å². The number of rotatable bonds is 4. The largest absolute Gasteiger partial charge is 0.337 e. The number of likely N-dealkylation sites (tertiary alicyclic amines) is 1. The number of nitrogens with one attached hydrogen (secondary N) is 1. The highest BCUT2D eigenvalue weighted by molar-refractivity contribution is 5.95. The van der Waals surface area contributed by atoms with E-state index < -0.39 is 0 Å². The van der Waals surface area contributed by atoms with Gasteiger partial charge in [-0.1, -0.05) is 31.5 Å². The number of nitrogens with zero attached hydrogens (tertiary/aromatic N) is 4. The van der Waals surface area contributed by atoms with Gasteiger partial charge in [-0.25, -0.2) is 4.68 Å². The second kappa shape index (κ2) is 8.05. The van der Waals surface area contributed by atoms with Crippen molar-refractivity contribution < 1.29 is 4.79 Å². The average molecular weight is 382 g/mol. The van der Waals surface area contributed by atoms with Crippen molar-refractivity contribution in [1.82, 2.24) is 24.9 Å². The maximum atomic E-state index is 13.3. The molecule has 2 aromatic rings. The van der Waals surface area contributed by atoms with Crippen molar-refractivity contribution >= 4 is 5.91 Å². The second-order valence-corrected chi connectivity index (χ2v) is 8.33. The van der Waals surface area contributed by atoms with Crippen LogP contribution in [-0.2, 0) is 0 Å². The molecule has 0 bridgehead atoms. The van der Waals surface area contributed by atoms with E-state index in [2.05, 4.69) is 60.4 Å². The third-order valence-corrected chi connectivity index (χ3v) is 5.98. The molecule has 6 heteroatoms. The molecule has 1 aromatic carbocycles. The highest BCUT2D eigenvalue weighted by atomic mass is 16.2. The summed E-state index contributed by atoms with van der Waals surface area (Å²) in [5.41, 5.74) is 3.97. The summed E-state index contributed by atoms with van der Waals surface area (Å²) >= 11 is 0. The second-order valence-electron chi connectivity index (χ2n) is 8.33. The van der Waals surface area contributed by atoms with Gasteiger partial charge in [-0.3, -0.25) is 9.69 Å². The summed E-state index contributed by atoms with van der Waals surface area (Å²) in [5.74, 6) is 0.342. The molecule has 2 aliphatic rings. The Morgan fingerprint density at radius 1 is 1.14 bits per heavy atom. The molecule has 3 heterocycles. The zero-order valence-electron chi connectivity index (χ0n) is 17.2. The van der Waals surface area contributed by atoms with Crippen LogP contribution in [0.2, 0.25) is 0 Å². The first-order valence-corrected chi connectivity index (χ1v) is 10.4. The summed E-state index contributed by atoms with van der Waals surface area (Å²) in [7, 11) is 0. The van der Waals surface area contributed by atoms with Gasteiger partial charge in [0.15, 0.2) is 0 Å². The van der Waals surface area contributed by atoms with Gasteiger partial charge < -0.3 is 10.2 Å². The molecular weight excluding hydrogens is 350 g/mol. The van der Waals surface area contributed by atoms with Crippen LogP contribution in [0.25, 0.3) is 5.69 Å². The topological polar surface area (TPSA) is 53.4 Å². The predicted octanol–water partition coefficient (Wildman–Crippen LogP) is 2.42. The molecule has 6 nitrogen and oxygen atoms in total. The molecule has 2 fully saturated rings. The van der Waals surface area contributed by atoms with Gasteiger partial charge in [-0.2, -0.15) is 5.10 Å². The molecule has 1 atom stereocenters. The maximum absolute atomic E-state index is 13.3. The van der Waals surface area contributed by atoms with Gasteiger partial charge in [-0.15, -0.1) is 0 Å². The lowest BCUT2D eigenvalue weighted by Crippen LogP contribution is -2.49. The Morgan fingerprint density at radius 3 is 2.54 bits per heavy atom. The Morgan fingerprint density at radius 2 is 1.86 bits per heavy atom. The first-order chi connectivity index (χ1) is 13.5. The van der Waals surface area contributed by atoms with Crippen molar-refractivity contribution in [3.63, 3.8) is 0 Å². The van der Waals surface area contributed by atoms with E-state index in [4.69, 9.17) is 0 Å². The van der Waals surface area contributed by atoms with Crippen LogP contribution < -0.4 is 5.32 Å². The van der Waals surface area contributed by atoms with Crippen molar-refractivity contribution in [2.75, 3.05) is 39.3 Å². The number of carbonyl (C=O) groups is 1. The molecule has 0 aliphatic carbocycles. The lowest BCUT2D eigenvalue weighted by molar-refractivity contribution is 0.0772. The van der Waals surface area contributed by atoms with Crippen molar-refractivity contribution in [2.24, 2.45) is 0 Å². The Balaban J connectivity index is 1.55. The van der Waals surface area contributed by atoms with Crippen LogP contribution in [0.5, 0.6) is 0 Å². The summed E-state index contributed by atoms with van der Waals surface area (Å²) in [5, 5.41) is 8.00. The summed E-state index contributed by atoms with van der Waals surface area (Å²) < 4.78 is 1.93. The SMILES string of the molecule is Cc1ccc(-n2ncc(C(=O)N3CCC(N4CCNCC4)C3)c2C(C)C)cc1. The fraction of sp³-hybridized carbons (Fsp3) is 0.545. The lowest BCUT2D eigenvalue weighted by atomic mass is 10.0. The van der Waals surface area contributed by atoms with Gasteiger partial charge in [0.25, 0.3) is 5.91 Å². The molecule has 2 saturated heterocycles. The van der Waals surface area contributed by atoms with Crippen molar-refractivity contribution in [1.29, 1.82) is 0 Å². The number of hydrogen-bond acceptors (Lipinski definition) is 4.